The van der Waals surface area contributed by atoms with Crippen LogP contribution < -0.4 is 10.6 Å². The van der Waals surface area contributed by atoms with Gasteiger partial charge >= 0.3 is 5.97 Å². The molecule has 2 aromatic rings. The van der Waals surface area contributed by atoms with E-state index in [0.29, 0.717) is 23.6 Å². The van der Waals surface area contributed by atoms with Gasteiger partial charge < -0.3 is 19.8 Å². The molecular formula is C18H25N3O5S. The highest BCUT2D eigenvalue weighted by molar-refractivity contribution is 7.89. The zero-order valence-electron chi connectivity index (χ0n) is 15.9. The molecule has 0 spiro atoms. The van der Waals surface area contributed by atoms with Crippen LogP contribution in [0.25, 0.3) is 0 Å². The van der Waals surface area contributed by atoms with E-state index in [1.807, 2.05) is 6.92 Å². The average molecular weight is 395 g/mol. The highest BCUT2D eigenvalue weighted by atomic mass is 32.2. The van der Waals surface area contributed by atoms with Crippen molar-refractivity contribution in [3.05, 3.63) is 41.9 Å². The Kier molecular flexibility index (Phi) is 6.86. The van der Waals surface area contributed by atoms with Gasteiger partial charge in [0.25, 0.3) is 0 Å². The van der Waals surface area contributed by atoms with Crippen molar-refractivity contribution in [1.82, 2.24) is 4.31 Å². The molecule has 0 amide bonds. The Labute approximate surface area is 159 Å². The Morgan fingerprint density at radius 2 is 1.89 bits per heavy atom. The lowest BCUT2D eigenvalue weighted by Crippen LogP contribution is -2.22. The van der Waals surface area contributed by atoms with Gasteiger partial charge in [0.2, 0.25) is 10.0 Å². The number of benzene rings is 1. The summed E-state index contributed by atoms with van der Waals surface area (Å²) in [6.07, 6.45) is 1.42. The molecular weight excluding hydrogens is 370 g/mol. The Hall–Kier alpha value is -2.52. The number of rotatable bonds is 9. The minimum atomic E-state index is -3.56. The van der Waals surface area contributed by atoms with Gasteiger partial charge in [0.15, 0.2) is 0 Å². The minimum absolute atomic E-state index is 0.168. The van der Waals surface area contributed by atoms with Crippen LogP contribution in [0.5, 0.6) is 0 Å². The van der Waals surface area contributed by atoms with E-state index in [-0.39, 0.29) is 18.0 Å². The number of nitrogens with one attached hydrogen (secondary N) is 2. The number of esters is 1. The molecule has 148 valence electrons. The molecule has 0 aliphatic carbocycles. The van der Waals surface area contributed by atoms with Crippen LogP contribution in [-0.4, -0.2) is 45.9 Å². The van der Waals surface area contributed by atoms with Crippen molar-refractivity contribution in [2.24, 2.45) is 0 Å². The number of nitrogens with zero attached hydrogens (tertiary/aromatic N) is 1. The van der Waals surface area contributed by atoms with Crippen LogP contribution in [0.15, 0.2) is 39.8 Å². The molecule has 1 heterocycles. The van der Waals surface area contributed by atoms with Crippen molar-refractivity contribution in [2.75, 3.05) is 37.9 Å². The van der Waals surface area contributed by atoms with Crippen molar-refractivity contribution in [3.63, 3.8) is 0 Å². The second-order valence-electron chi connectivity index (χ2n) is 5.86. The molecule has 0 aliphatic heterocycles. The predicted molar refractivity (Wildman–Crippen MR) is 103 cm³/mol. The predicted octanol–water partition coefficient (Wildman–Crippen LogP) is 2.75. The zero-order chi connectivity index (χ0) is 20.0. The molecule has 0 unspecified atom stereocenters. The largest absolute Gasteiger partial charge is 0.467 e. The summed E-state index contributed by atoms with van der Waals surface area (Å²) in [5.41, 5.74) is 1.68. The van der Waals surface area contributed by atoms with Gasteiger partial charge in [-0.25, -0.2) is 17.5 Å². The maximum absolute atomic E-state index is 12.4. The van der Waals surface area contributed by atoms with E-state index < -0.39 is 16.0 Å². The highest BCUT2D eigenvalue weighted by Crippen LogP contribution is 2.27. The Morgan fingerprint density at radius 3 is 2.52 bits per heavy atom. The summed E-state index contributed by atoms with van der Waals surface area (Å²) in [6, 6.07) is 6.36. The number of carbonyl (C=O) groups is 1. The fourth-order valence-corrected chi connectivity index (χ4v) is 3.36. The van der Waals surface area contributed by atoms with Gasteiger partial charge in [0, 0.05) is 20.6 Å². The maximum atomic E-state index is 12.4. The number of ether oxygens (including phenoxy) is 1. The SMILES string of the molecule is CCNc1ccc(S(=O)(=O)N(C)C)cc1NCc1occc1C(=O)OCC. The molecule has 1 aromatic heterocycles. The molecule has 2 rings (SSSR count). The molecule has 0 atom stereocenters. The first-order valence-corrected chi connectivity index (χ1v) is 10.0. The molecule has 0 saturated heterocycles. The molecule has 0 bridgehead atoms. The first kappa shape index (κ1) is 20.8. The van der Waals surface area contributed by atoms with Crippen molar-refractivity contribution >= 4 is 27.4 Å². The summed E-state index contributed by atoms with van der Waals surface area (Å²) in [5, 5.41) is 6.32. The quantitative estimate of drug-likeness (QED) is 0.630. The van der Waals surface area contributed by atoms with Crippen molar-refractivity contribution < 1.29 is 22.4 Å². The van der Waals surface area contributed by atoms with Gasteiger partial charge in [-0.05, 0) is 38.1 Å². The van der Waals surface area contributed by atoms with E-state index >= 15 is 0 Å². The van der Waals surface area contributed by atoms with Gasteiger partial charge in [0.05, 0.1) is 35.7 Å². The zero-order valence-corrected chi connectivity index (χ0v) is 16.7. The van der Waals surface area contributed by atoms with Crippen molar-refractivity contribution in [1.29, 1.82) is 0 Å². The third kappa shape index (κ3) is 4.81. The van der Waals surface area contributed by atoms with Crippen molar-refractivity contribution in [3.8, 4) is 0 Å². The second kappa shape index (κ2) is 8.92. The van der Waals surface area contributed by atoms with Crippen LogP contribution in [0.2, 0.25) is 0 Å². The molecule has 0 saturated carbocycles. The van der Waals surface area contributed by atoms with Gasteiger partial charge in [-0.1, -0.05) is 0 Å². The third-order valence-electron chi connectivity index (χ3n) is 3.82. The summed E-state index contributed by atoms with van der Waals surface area (Å²) in [5.74, 6) is -0.0457. The number of hydrogen-bond donors (Lipinski definition) is 2. The lowest BCUT2D eigenvalue weighted by Gasteiger charge is -2.16. The minimum Gasteiger partial charge on any atom is -0.467 e. The summed E-state index contributed by atoms with van der Waals surface area (Å²) in [4.78, 5) is 12.1. The Morgan fingerprint density at radius 1 is 1.15 bits per heavy atom. The first-order valence-electron chi connectivity index (χ1n) is 8.59. The summed E-state index contributed by atoms with van der Waals surface area (Å²) in [6.45, 7) is 4.81. The summed E-state index contributed by atoms with van der Waals surface area (Å²) >= 11 is 0. The number of hydrogen-bond acceptors (Lipinski definition) is 7. The molecule has 2 N–H and O–H groups in total. The van der Waals surface area contributed by atoms with Crippen LogP contribution in [0.4, 0.5) is 11.4 Å². The fraction of sp³-hybridized carbons (Fsp3) is 0.389. The molecule has 27 heavy (non-hydrogen) atoms. The van der Waals surface area contributed by atoms with Gasteiger partial charge in [-0.2, -0.15) is 0 Å². The molecule has 1 aromatic carbocycles. The number of carbonyl (C=O) groups excluding carboxylic acids is 1. The van der Waals surface area contributed by atoms with Crippen LogP contribution in [0, 0.1) is 0 Å². The van der Waals surface area contributed by atoms with E-state index in [9.17, 15) is 13.2 Å². The van der Waals surface area contributed by atoms with Gasteiger partial charge in [0.1, 0.15) is 11.3 Å². The van der Waals surface area contributed by atoms with Crippen molar-refractivity contribution in [2.45, 2.75) is 25.3 Å². The maximum Gasteiger partial charge on any atom is 0.341 e. The Bertz CT molecular complexity index is 890. The van der Waals surface area contributed by atoms with E-state index in [0.717, 1.165) is 9.99 Å². The first-order chi connectivity index (χ1) is 12.8. The number of anilines is 2. The smallest absolute Gasteiger partial charge is 0.341 e. The van der Waals surface area contributed by atoms with E-state index in [4.69, 9.17) is 9.15 Å². The van der Waals surface area contributed by atoms with E-state index in [2.05, 4.69) is 10.6 Å². The molecule has 8 nitrogen and oxygen atoms in total. The third-order valence-corrected chi connectivity index (χ3v) is 5.63. The lowest BCUT2D eigenvalue weighted by molar-refractivity contribution is 0.0524. The van der Waals surface area contributed by atoms with E-state index in [1.54, 1.807) is 31.2 Å². The Balaban J connectivity index is 2.30. The second-order valence-corrected chi connectivity index (χ2v) is 8.01. The molecule has 9 heteroatoms. The molecule has 0 fully saturated rings. The normalized spacial score (nSPS) is 11.4. The number of furan rings is 1. The van der Waals surface area contributed by atoms with Crippen LogP contribution >= 0.6 is 0 Å². The standard InChI is InChI=1S/C18H25N3O5S/c1-5-19-15-8-7-13(27(23,24)21(3)4)11-16(15)20-12-17-14(9-10-26-17)18(22)25-6-2/h7-11,19-20H,5-6,12H2,1-4H3. The summed E-state index contributed by atoms with van der Waals surface area (Å²) < 4.78 is 36.3. The topological polar surface area (TPSA) is 101 Å². The monoisotopic (exact) mass is 395 g/mol. The van der Waals surface area contributed by atoms with Crippen LogP contribution in [-0.2, 0) is 21.3 Å². The molecule has 0 aliphatic rings. The highest BCUT2D eigenvalue weighted by Gasteiger charge is 2.20. The number of sulfonamides is 1. The van der Waals surface area contributed by atoms with Crippen LogP contribution in [0.1, 0.15) is 30.0 Å². The van der Waals surface area contributed by atoms with Gasteiger partial charge in [-0.15, -0.1) is 0 Å². The molecule has 0 radical (unpaired) electrons. The summed E-state index contributed by atoms with van der Waals surface area (Å²) in [7, 11) is -0.602. The van der Waals surface area contributed by atoms with E-state index in [1.165, 1.54) is 20.4 Å². The average Bonchev–Trinajstić information content (AvgIpc) is 3.09. The lowest BCUT2D eigenvalue weighted by atomic mass is 10.2. The van der Waals surface area contributed by atoms with Crippen LogP contribution in [0.3, 0.4) is 0 Å². The van der Waals surface area contributed by atoms with Gasteiger partial charge in [-0.3, -0.25) is 0 Å². The fourth-order valence-electron chi connectivity index (χ4n) is 2.43.